The molecule has 17 heteroatoms. The molecule has 2 heterocycles. The number of hydrogen-bond donors (Lipinski definition) is 1. The summed E-state index contributed by atoms with van der Waals surface area (Å²) in [5, 5.41) is 11.9. The topological polar surface area (TPSA) is 149 Å². The maximum atomic E-state index is 14.9. The molecular formula is C32H28ClF4N7O5. The van der Waals surface area contributed by atoms with E-state index in [-0.39, 0.29) is 28.8 Å². The Bertz CT molecular complexity index is 1800. The molecule has 2 fully saturated rings. The van der Waals surface area contributed by atoms with Gasteiger partial charge in [-0.3, -0.25) is 33.9 Å². The van der Waals surface area contributed by atoms with Gasteiger partial charge in [-0.2, -0.15) is 5.26 Å². The van der Waals surface area contributed by atoms with Crippen LogP contribution in [0, 0.1) is 23.0 Å². The maximum Gasteiger partial charge on any atom is 0.320 e. The molecule has 1 saturated carbocycles. The van der Waals surface area contributed by atoms with E-state index in [0.717, 1.165) is 17.0 Å². The summed E-state index contributed by atoms with van der Waals surface area (Å²) < 4.78 is 62.1. The van der Waals surface area contributed by atoms with Crippen LogP contribution in [0.1, 0.15) is 37.1 Å². The van der Waals surface area contributed by atoms with Crippen molar-refractivity contribution in [2.45, 2.75) is 43.8 Å². The zero-order valence-corrected chi connectivity index (χ0v) is 26.5. The molecule has 1 aliphatic heterocycles. The third-order valence-electron chi connectivity index (χ3n) is 7.79. The Labute approximate surface area is 282 Å². The number of nitrogens with one attached hydrogen (secondary N) is 1. The summed E-state index contributed by atoms with van der Waals surface area (Å²) in [6, 6.07) is 6.41. The van der Waals surface area contributed by atoms with Crippen LogP contribution < -0.4 is 15.1 Å². The molecule has 5 rings (SSSR count). The molecule has 1 N–H and O–H groups in total. The fourth-order valence-electron chi connectivity index (χ4n) is 5.69. The van der Waals surface area contributed by atoms with Gasteiger partial charge in [-0.25, -0.2) is 27.5 Å². The highest BCUT2D eigenvalue weighted by Gasteiger charge is 2.49. The standard InChI is InChI=1S/C32H28ClF4N7O5/c1-2-49-27(46)17-42-15-25(44(26(45)16-42)31-39-8-7-20(14-38)41-31)30(48)43(22-10-18(34)9-19(35)11-22)28(23-5-3-4-6-24(23)33)29(47)40-21-12-32(36,37)13-21/h3-11,21,25,28H,2,12-13,15-17H2,1H3,(H,40,47)/t25-,28-/m0/s1. The number of benzene rings is 2. The normalized spacial score (nSPS) is 18.2. The SMILES string of the molecule is CCOC(=O)CN1CC(=O)N(c2nccc(C#N)n2)[C@H](C(=O)N(c2cc(F)cc(F)c2)[C@H](C(=O)NC2CC(F)(F)C2)c2ccccc2Cl)C1. The van der Waals surface area contributed by atoms with Crippen molar-refractivity contribution < 1.29 is 41.5 Å². The number of nitrogens with zero attached hydrogens (tertiary/aromatic N) is 6. The number of aromatic nitrogens is 2. The Morgan fingerprint density at radius 2 is 1.86 bits per heavy atom. The van der Waals surface area contributed by atoms with Crippen LogP contribution in [0.4, 0.5) is 29.2 Å². The summed E-state index contributed by atoms with van der Waals surface area (Å²) in [5.74, 6) is -9.30. The van der Waals surface area contributed by atoms with Crippen molar-refractivity contribution in [1.82, 2.24) is 20.2 Å². The van der Waals surface area contributed by atoms with E-state index in [9.17, 15) is 42.0 Å². The van der Waals surface area contributed by atoms with Crippen molar-refractivity contribution in [3.63, 3.8) is 0 Å². The molecule has 2 aromatic carbocycles. The average Bonchev–Trinajstić information content (AvgIpc) is 3.02. The Balaban J connectivity index is 1.67. The number of carbonyl (C=O) groups excluding carboxylic acids is 4. The number of esters is 1. The van der Waals surface area contributed by atoms with E-state index < -0.39 is 97.5 Å². The van der Waals surface area contributed by atoms with Gasteiger partial charge in [0.15, 0.2) is 0 Å². The van der Waals surface area contributed by atoms with E-state index in [1.165, 1.54) is 41.4 Å². The van der Waals surface area contributed by atoms with Crippen LogP contribution in [-0.4, -0.2) is 82.8 Å². The zero-order chi connectivity index (χ0) is 35.5. The highest BCUT2D eigenvalue weighted by Crippen LogP contribution is 2.39. The Hall–Kier alpha value is -5.14. The van der Waals surface area contributed by atoms with Crippen molar-refractivity contribution >= 4 is 46.9 Å². The second-order valence-corrected chi connectivity index (χ2v) is 11.7. The summed E-state index contributed by atoms with van der Waals surface area (Å²) in [6.07, 6.45) is -0.192. The summed E-state index contributed by atoms with van der Waals surface area (Å²) in [4.78, 5) is 66.1. The Morgan fingerprint density at radius 1 is 1.16 bits per heavy atom. The number of anilines is 2. The lowest BCUT2D eigenvalue weighted by molar-refractivity contribution is -0.145. The van der Waals surface area contributed by atoms with E-state index in [4.69, 9.17) is 16.3 Å². The summed E-state index contributed by atoms with van der Waals surface area (Å²) >= 11 is 6.51. The third-order valence-corrected chi connectivity index (χ3v) is 8.14. The average molecular weight is 702 g/mol. The molecule has 0 bridgehead atoms. The smallest absolute Gasteiger partial charge is 0.320 e. The van der Waals surface area contributed by atoms with Gasteiger partial charge in [0.05, 0.1) is 25.4 Å². The molecule has 0 spiro atoms. The van der Waals surface area contributed by atoms with E-state index in [1.807, 2.05) is 6.07 Å². The maximum absolute atomic E-state index is 14.9. The number of amides is 3. The number of nitriles is 1. The molecular weight excluding hydrogens is 674 g/mol. The van der Waals surface area contributed by atoms with E-state index >= 15 is 0 Å². The predicted octanol–water partition coefficient (Wildman–Crippen LogP) is 3.55. The second-order valence-electron chi connectivity index (χ2n) is 11.3. The molecule has 12 nitrogen and oxygen atoms in total. The molecule has 0 radical (unpaired) electrons. The quantitative estimate of drug-likeness (QED) is 0.248. The number of piperazine rings is 1. The monoisotopic (exact) mass is 701 g/mol. The van der Waals surface area contributed by atoms with Gasteiger partial charge in [-0.05, 0) is 31.2 Å². The van der Waals surface area contributed by atoms with Crippen molar-refractivity contribution in [3.8, 4) is 6.07 Å². The lowest BCUT2D eigenvalue weighted by Crippen LogP contribution is -2.64. The summed E-state index contributed by atoms with van der Waals surface area (Å²) in [7, 11) is 0. The first kappa shape index (κ1) is 35.2. The molecule has 3 amide bonds. The summed E-state index contributed by atoms with van der Waals surface area (Å²) in [5.41, 5.74) is -0.679. The minimum Gasteiger partial charge on any atom is -0.465 e. The lowest BCUT2D eigenvalue weighted by atomic mass is 9.87. The van der Waals surface area contributed by atoms with Gasteiger partial charge in [0, 0.05) is 48.3 Å². The van der Waals surface area contributed by atoms with Crippen LogP contribution >= 0.6 is 11.6 Å². The van der Waals surface area contributed by atoms with Crippen molar-refractivity contribution in [2.75, 3.05) is 36.0 Å². The van der Waals surface area contributed by atoms with Crippen molar-refractivity contribution in [3.05, 3.63) is 82.6 Å². The number of ether oxygens (including phenoxy) is 1. The van der Waals surface area contributed by atoms with Gasteiger partial charge in [0.2, 0.25) is 17.8 Å². The highest BCUT2D eigenvalue weighted by molar-refractivity contribution is 6.31. The van der Waals surface area contributed by atoms with E-state index in [0.29, 0.717) is 11.0 Å². The number of alkyl halides is 2. The molecule has 1 aromatic heterocycles. The molecule has 1 saturated heterocycles. The molecule has 256 valence electrons. The van der Waals surface area contributed by atoms with Gasteiger partial charge < -0.3 is 10.1 Å². The molecule has 0 unspecified atom stereocenters. The molecule has 2 atom stereocenters. The van der Waals surface area contributed by atoms with Gasteiger partial charge in [-0.1, -0.05) is 29.8 Å². The first-order valence-corrected chi connectivity index (χ1v) is 15.3. The highest BCUT2D eigenvalue weighted by atomic mass is 35.5. The van der Waals surface area contributed by atoms with Crippen LogP contribution in [-0.2, 0) is 23.9 Å². The van der Waals surface area contributed by atoms with Gasteiger partial charge in [-0.15, -0.1) is 0 Å². The Morgan fingerprint density at radius 3 is 2.49 bits per heavy atom. The number of rotatable bonds is 10. The third kappa shape index (κ3) is 7.95. The van der Waals surface area contributed by atoms with Crippen LogP contribution in [0.2, 0.25) is 5.02 Å². The van der Waals surface area contributed by atoms with E-state index in [1.54, 1.807) is 6.92 Å². The van der Waals surface area contributed by atoms with Gasteiger partial charge in [0.1, 0.15) is 35.5 Å². The first-order valence-electron chi connectivity index (χ1n) is 14.9. The minimum absolute atomic E-state index is 0.0321. The number of hydrogen-bond acceptors (Lipinski definition) is 9. The van der Waals surface area contributed by atoms with Crippen LogP contribution in [0.25, 0.3) is 0 Å². The zero-order valence-electron chi connectivity index (χ0n) is 25.8. The molecule has 49 heavy (non-hydrogen) atoms. The fraction of sp³-hybridized carbons (Fsp3) is 0.344. The van der Waals surface area contributed by atoms with Crippen molar-refractivity contribution in [1.29, 1.82) is 5.26 Å². The van der Waals surface area contributed by atoms with Gasteiger partial charge in [0.25, 0.3) is 11.8 Å². The number of carbonyl (C=O) groups is 4. The lowest BCUT2D eigenvalue weighted by Gasteiger charge is -2.42. The van der Waals surface area contributed by atoms with Crippen LogP contribution in [0.5, 0.6) is 0 Å². The Kier molecular flexibility index (Phi) is 10.4. The minimum atomic E-state index is -3.03. The second kappa shape index (κ2) is 14.5. The molecule has 2 aliphatic rings. The first-order chi connectivity index (χ1) is 23.3. The van der Waals surface area contributed by atoms with Crippen LogP contribution in [0.3, 0.4) is 0 Å². The van der Waals surface area contributed by atoms with Crippen LogP contribution in [0.15, 0.2) is 54.7 Å². The van der Waals surface area contributed by atoms with Gasteiger partial charge >= 0.3 is 5.97 Å². The largest absolute Gasteiger partial charge is 0.465 e. The summed E-state index contributed by atoms with van der Waals surface area (Å²) in [6.45, 7) is 0.345. The van der Waals surface area contributed by atoms with Crippen molar-refractivity contribution in [2.24, 2.45) is 0 Å². The fourth-order valence-corrected chi connectivity index (χ4v) is 5.93. The molecule has 1 aliphatic carbocycles. The predicted molar refractivity (Wildman–Crippen MR) is 165 cm³/mol. The van der Waals surface area contributed by atoms with E-state index in [2.05, 4.69) is 15.3 Å². The molecule has 3 aromatic rings. The number of halogens is 5.